The van der Waals surface area contributed by atoms with Crippen molar-refractivity contribution < 1.29 is 4.74 Å². The maximum atomic E-state index is 6.28. The van der Waals surface area contributed by atoms with Crippen LogP contribution in [0.15, 0.2) is 12.1 Å². The van der Waals surface area contributed by atoms with Crippen LogP contribution < -0.4 is 4.74 Å². The SMILES string of the molecule is CCc1nc(-c2ccc(C)c3c2CC(C)(CC)O3)sc1C. The van der Waals surface area contributed by atoms with Gasteiger partial charge in [-0.05, 0) is 39.2 Å². The Labute approximate surface area is 131 Å². The minimum atomic E-state index is -0.0664. The average Bonchev–Trinajstić information content (AvgIpc) is 3.01. The fourth-order valence-corrected chi connectivity index (χ4v) is 4.04. The Kier molecular flexibility index (Phi) is 3.56. The monoisotopic (exact) mass is 301 g/mol. The van der Waals surface area contributed by atoms with Crippen LogP contribution in [0.1, 0.15) is 48.9 Å². The number of aromatic nitrogens is 1. The number of hydrogen-bond acceptors (Lipinski definition) is 3. The van der Waals surface area contributed by atoms with Crippen molar-refractivity contribution >= 4 is 11.3 Å². The van der Waals surface area contributed by atoms with Gasteiger partial charge in [-0.2, -0.15) is 0 Å². The Morgan fingerprint density at radius 2 is 2.05 bits per heavy atom. The van der Waals surface area contributed by atoms with Gasteiger partial charge in [0.05, 0.1) is 5.69 Å². The summed E-state index contributed by atoms with van der Waals surface area (Å²) in [5.41, 5.74) is 5.00. The Balaban J connectivity index is 2.12. The highest BCUT2D eigenvalue weighted by Crippen LogP contribution is 2.45. The minimum Gasteiger partial charge on any atom is -0.487 e. The normalized spacial score (nSPS) is 20.4. The zero-order valence-corrected chi connectivity index (χ0v) is 14.4. The molecule has 0 amide bonds. The second kappa shape index (κ2) is 5.13. The molecule has 1 aromatic heterocycles. The third-order valence-corrected chi connectivity index (χ3v) is 5.61. The highest BCUT2D eigenvalue weighted by atomic mass is 32.1. The van der Waals surface area contributed by atoms with E-state index in [9.17, 15) is 0 Å². The number of rotatable bonds is 3. The van der Waals surface area contributed by atoms with Crippen LogP contribution in [-0.2, 0) is 12.8 Å². The van der Waals surface area contributed by atoms with E-state index in [0.717, 1.165) is 30.0 Å². The van der Waals surface area contributed by atoms with E-state index < -0.39 is 0 Å². The van der Waals surface area contributed by atoms with Gasteiger partial charge in [0.1, 0.15) is 16.4 Å². The van der Waals surface area contributed by atoms with Gasteiger partial charge in [-0.1, -0.05) is 26.0 Å². The number of thiazole rings is 1. The molecule has 21 heavy (non-hydrogen) atoms. The summed E-state index contributed by atoms with van der Waals surface area (Å²) in [5, 5.41) is 1.14. The molecule has 3 heteroatoms. The molecule has 1 unspecified atom stereocenters. The number of hydrogen-bond donors (Lipinski definition) is 0. The summed E-state index contributed by atoms with van der Waals surface area (Å²) in [6.07, 6.45) is 3.01. The molecule has 1 aliphatic heterocycles. The lowest BCUT2D eigenvalue weighted by molar-refractivity contribution is 0.111. The van der Waals surface area contributed by atoms with Crippen LogP contribution in [-0.4, -0.2) is 10.6 Å². The Hall–Kier alpha value is -1.35. The third kappa shape index (κ3) is 2.38. The molecule has 112 valence electrons. The lowest BCUT2D eigenvalue weighted by Gasteiger charge is -2.21. The third-order valence-electron chi connectivity index (χ3n) is 4.56. The molecular weight excluding hydrogens is 278 g/mol. The van der Waals surface area contributed by atoms with Crippen LogP contribution in [0, 0.1) is 13.8 Å². The van der Waals surface area contributed by atoms with E-state index in [0.29, 0.717) is 0 Å². The van der Waals surface area contributed by atoms with Crippen LogP contribution in [0.2, 0.25) is 0 Å². The average molecular weight is 301 g/mol. The van der Waals surface area contributed by atoms with Crippen molar-refractivity contribution in [1.82, 2.24) is 4.98 Å². The van der Waals surface area contributed by atoms with Crippen LogP contribution >= 0.6 is 11.3 Å². The van der Waals surface area contributed by atoms with E-state index in [1.54, 1.807) is 11.3 Å². The number of nitrogens with zero attached hydrogens (tertiary/aromatic N) is 1. The predicted octanol–water partition coefficient (Wildman–Crippen LogP) is 5.09. The first-order valence-electron chi connectivity index (χ1n) is 7.75. The van der Waals surface area contributed by atoms with E-state index >= 15 is 0 Å². The van der Waals surface area contributed by atoms with Gasteiger partial charge in [-0.25, -0.2) is 4.98 Å². The van der Waals surface area contributed by atoms with Crippen LogP contribution in [0.4, 0.5) is 0 Å². The van der Waals surface area contributed by atoms with Gasteiger partial charge in [-0.15, -0.1) is 11.3 Å². The van der Waals surface area contributed by atoms with Gasteiger partial charge < -0.3 is 4.74 Å². The van der Waals surface area contributed by atoms with E-state index in [4.69, 9.17) is 9.72 Å². The molecule has 0 radical (unpaired) electrons. The fourth-order valence-electron chi connectivity index (χ4n) is 2.99. The second-order valence-electron chi connectivity index (χ2n) is 6.20. The Morgan fingerprint density at radius 3 is 2.67 bits per heavy atom. The van der Waals surface area contributed by atoms with E-state index in [1.165, 1.54) is 27.3 Å². The lowest BCUT2D eigenvalue weighted by atomic mass is 9.93. The summed E-state index contributed by atoms with van der Waals surface area (Å²) >= 11 is 1.80. The maximum Gasteiger partial charge on any atom is 0.127 e. The number of benzene rings is 1. The molecule has 3 rings (SSSR count). The topological polar surface area (TPSA) is 22.1 Å². The smallest absolute Gasteiger partial charge is 0.127 e. The highest BCUT2D eigenvalue weighted by Gasteiger charge is 2.36. The summed E-state index contributed by atoms with van der Waals surface area (Å²) in [4.78, 5) is 6.17. The quantitative estimate of drug-likeness (QED) is 0.787. The first kappa shape index (κ1) is 14.6. The van der Waals surface area contributed by atoms with Crippen LogP contribution in [0.5, 0.6) is 5.75 Å². The standard InChI is InChI=1S/C18H23NOS/c1-6-15-12(4)21-17(19-15)13-9-8-11(3)16-14(13)10-18(5,7-2)20-16/h8-9H,6-7,10H2,1-5H3. The summed E-state index contributed by atoms with van der Waals surface area (Å²) < 4.78 is 6.28. The molecule has 0 N–H and O–H groups in total. The summed E-state index contributed by atoms with van der Waals surface area (Å²) in [7, 11) is 0. The van der Waals surface area contributed by atoms with Crippen molar-refractivity contribution in [2.45, 2.75) is 59.5 Å². The van der Waals surface area contributed by atoms with Gasteiger partial charge in [-0.3, -0.25) is 0 Å². The largest absolute Gasteiger partial charge is 0.487 e. The molecule has 0 spiro atoms. The first-order valence-corrected chi connectivity index (χ1v) is 8.57. The number of fused-ring (bicyclic) bond motifs is 1. The van der Waals surface area contributed by atoms with Gasteiger partial charge in [0.2, 0.25) is 0 Å². The van der Waals surface area contributed by atoms with Crippen molar-refractivity contribution in [3.8, 4) is 16.3 Å². The van der Waals surface area contributed by atoms with Crippen molar-refractivity contribution in [3.63, 3.8) is 0 Å². The molecule has 0 saturated carbocycles. The van der Waals surface area contributed by atoms with E-state index in [-0.39, 0.29) is 5.60 Å². The Morgan fingerprint density at radius 1 is 1.29 bits per heavy atom. The fraction of sp³-hybridized carbons (Fsp3) is 0.500. The molecule has 2 heterocycles. The Bertz CT molecular complexity index is 689. The molecule has 0 fully saturated rings. The van der Waals surface area contributed by atoms with Gasteiger partial charge in [0.15, 0.2) is 0 Å². The van der Waals surface area contributed by atoms with Crippen molar-refractivity contribution in [2.24, 2.45) is 0 Å². The molecule has 0 aliphatic carbocycles. The van der Waals surface area contributed by atoms with Crippen molar-refractivity contribution in [2.75, 3.05) is 0 Å². The molecule has 1 atom stereocenters. The zero-order chi connectivity index (χ0) is 15.2. The second-order valence-corrected chi connectivity index (χ2v) is 7.40. The minimum absolute atomic E-state index is 0.0664. The summed E-state index contributed by atoms with van der Waals surface area (Å²) in [6, 6.07) is 4.38. The predicted molar refractivity (Wildman–Crippen MR) is 89.4 cm³/mol. The molecular formula is C18H23NOS. The summed E-state index contributed by atoms with van der Waals surface area (Å²) in [5.74, 6) is 1.09. The summed E-state index contributed by atoms with van der Waals surface area (Å²) in [6.45, 7) is 10.9. The van der Waals surface area contributed by atoms with Crippen molar-refractivity contribution in [3.05, 3.63) is 33.8 Å². The molecule has 0 bridgehead atoms. The lowest BCUT2D eigenvalue weighted by Crippen LogP contribution is -2.28. The zero-order valence-electron chi connectivity index (χ0n) is 13.5. The molecule has 2 aromatic rings. The number of aryl methyl sites for hydroxylation is 3. The van der Waals surface area contributed by atoms with Gasteiger partial charge in [0, 0.05) is 22.4 Å². The van der Waals surface area contributed by atoms with E-state index in [2.05, 4.69) is 46.8 Å². The molecule has 0 saturated heterocycles. The van der Waals surface area contributed by atoms with Gasteiger partial charge in [0.25, 0.3) is 0 Å². The van der Waals surface area contributed by atoms with Gasteiger partial charge >= 0.3 is 0 Å². The molecule has 1 aromatic carbocycles. The highest BCUT2D eigenvalue weighted by molar-refractivity contribution is 7.15. The van der Waals surface area contributed by atoms with Crippen LogP contribution in [0.3, 0.4) is 0 Å². The van der Waals surface area contributed by atoms with E-state index in [1.807, 2.05) is 0 Å². The molecule has 2 nitrogen and oxygen atoms in total. The van der Waals surface area contributed by atoms with Crippen molar-refractivity contribution in [1.29, 1.82) is 0 Å². The molecule has 1 aliphatic rings. The first-order chi connectivity index (χ1) is 9.97. The maximum absolute atomic E-state index is 6.28. The number of ether oxygens (including phenoxy) is 1. The van der Waals surface area contributed by atoms with Crippen LogP contribution in [0.25, 0.3) is 10.6 Å².